The van der Waals surface area contributed by atoms with Gasteiger partial charge in [-0.2, -0.15) is 0 Å². The number of anilines is 1. The minimum atomic E-state index is -0.982. The monoisotopic (exact) mass is 365 g/mol. The number of rotatable bonds is 5. The van der Waals surface area contributed by atoms with Gasteiger partial charge in [0.15, 0.2) is 11.5 Å². The van der Waals surface area contributed by atoms with Crippen molar-refractivity contribution in [2.75, 3.05) is 12.4 Å². The molecule has 1 saturated carbocycles. The van der Waals surface area contributed by atoms with Gasteiger partial charge >= 0.3 is 0 Å². The van der Waals surface area contributed by atoms with Crippen molar-refractivity contribution in [2.24, 2.45) is 5.41 Å². The number of amides is 1. The Hall–Kier alpha value is -1.91. The predicted octanol–water partition coefficient (Wildman–Crippen LogP) is 5.01. The van der Waals surface area contributed by atoms with Crippen LogP contribution in [0.25, 0.3) is 0 Å². The molecule has 6 heteroatoms. The molecule has 2 aromatic carbocycles. The van der Waals surface area contributed by atoms with E-state index in [0.717, 1.165) is 0 Å². The fraction of sp³-hybridized carbons (Fsp3) is 0.278. The van der Waals surface area contributed by atoms with Crippen molar-refractivity contribution in [2.45, 2.75) is 17.7 Å². The molecule has 1 fully saturated rings. The van der Waals surface area contributed by atoms with Crippen molar-refractivity contribution in [3.05, 3.63) is 48.5 Å². The Kier molecular flexibility index (Phi) is 4.37. The SMILES string of the molecule is COc1ccccc1Oc1ccc(NC(=O)C2(C)CC2(Cl)Cl)cc1. The summed E-state index contributed by atoms with van der Waals surface area (Å²) in [5.74, 6) is 1.72. The minimum Gasteiger partial charge on any atom is -0.493 e. The molecule has 0 aliphatic heterocycles. The molecule has 0 heterocycles. The van der Waals surface area contributed by atoms with Gasteiger partial charge in [-0.05, 0) is 49.7 Å². The van der Waals surface area contributed by atoms with E-state index < -0.39 is 9.75 Å². The minimum absolute atomic E-state index is 0.189. The zero-order valence-corrected chi connectivity index (χ0v) is 14.8. The molecule has 24 heavy (non-hydrogen) atoms. The number of para-hydroxylation sites is 2. The first kappa shape index (κ1) is 16.9. The Labute approximate surface area is 150 Å². The maximum absolute atomic E-state index is 12.2. The summed E-state index contributed by atoms with van der Waals surface area (Å²) in [6, 6.07) is 14.5. The van der Waals surface area contributed by atoms with Gasteiger partial charge in [-0.25, -0.2) is 0 Å². The number of alkyl halides is 2. The van der Waals surface area contributed by atoms with Crippen LogP contribution in [0, 0.1) is 5.41 Å². The maximum atomic E-state index is 12.2. The third-order valence-corrected chi connectivity index (χ3v) is 5.27. The second-order valence-electron chi connectivity index (χ2n) is 5.94. The summed E-state index contributed by atoms with van der Waals surface area (Å²) in [5, 5.41) is 2.83. The van der Waals surface area contributed by atoms with Crippen LogP contribution in [0.5, 0.6) is 17.2 Å². The molecule has 0 bridgehead atoms. The standard InChI is InChI=1S/C18H17Cl2NO3/c1-17(11-18(17,19)20)16(22)21-12-7-9-13(10-8-12)24-15-6-4-3-5-14(15)23-2/h3-10H,11H2,1-2H3,(H,21,22). The third-order valence-electron chi connectivity index (χ3n) is 4.17. The van der Waals surface area contributed by atoms with Crippen molar-refractivity contribution in [1.82, 2.24) is 0 Å². The molecule has 4 nitrogen and oxygen atoms in total. The maximum Gasteiger partial charge on any atom is 0.233 e. The molecule has 2 aromatic rings. The molecule has 126 valence electrons. The Bertz CT molecular complexity index is 761. The van der Waals surface area contributed by atoms with E-state index in [1.165, 1.54) is 0 Å². The van der Waals surface area contributed by atoms with Gasteiger partial charge in [0.25, 0.3) is 0 Å². The van der Waals surface area contributed by atoms with E-state index in [9.17, 15) is 4.79 Å². The lowest BCUT2D eigenvalue weighted by Crippen LogP contribution is -2.25. The largest absolute Gasteiger partial charge is 0.493 e. The first-order valence-electron chi connectivity index (χ1n) is 7.46. The van der Waals surface area contributed by atoms with Crippen LogP contribution >= 0.6 is 23.2 Å². The molecule has 1 amide bonds. The van der Waals surface area contributed by atoms with Gasteiger partial charge in [0.05, 0.1) is 12.5 Å². The van der Waals surface area contributed by atoms with E-state index >= 15 is 0 Å². The molecule has 0 saturated heterocycles. The smallest absolute Gasteiger partial charge is 0.233 e. The average Bonchev–Trinajstić information content (AvgIpc) is 3.09. The number of hydrogen-bond donors (Lipinski definition) is 1. The highest BCUT2D eigenvalue weighted by molar-refractivity contribution is 6.53. The van der Waals surface area contributed by atoms with Crippen LogP contribution in [-0.4, -0.2) is 17.4 Å². The molecule has 1 aliphatic rings. The normalized spacial score (nSPS) is 21.0. The lowest BCUT2D eigenvalue weighted by atomic mass is 10.1. The first-order chi connectivity index (χ1) is 11.4. The molecule has 1 N–H and O–H groups in total. The molecular weight excluding hydrogens is 349 g/mol. The van der Waals surface area contributed by atoms with Gasteiger partial charge in [0, 0.05) is 5.69 Å². The van der Waals surface area contributed by atoms with Crippen molar-refractivity contribution in [3.63, 3.8) is 0 Å². The third kappa shape index (κ3) is 3.17. The highest BCUT2D eigenvalue weighted by Crippen LogP contribution is 2.64. The molecule has 1 aliphatic carbocycles. The van der Waals surface area contributed by atoms with Gasteiger partial charge in [0.2, 0.25) is 5.91 Å². The summed E-state index contributed by atoms with van der Waals surface area (Å²) >= 11 is 12.1. The lowest BCUT2D eigenvalue weighted by Gasteiger charge is -2.13. The van der Waals surface area contributed by atoms with E-state index in [1.807, 2.05) is 24.3 Å². The quantitative estimate of drug-likeness (QED) is 0.757. The van der Waals surface area contributed by atoms with Gasteiger partial charge < -0.3 is 14.8 Å². The molecule has 1 atom stereocenters. The number of ether oxygens (including phenoxy) is 2. The number of carbonyl (C=O) groups excluding carboxylic acids is 1. The van der Waals surface area contributed by atoms with Crippen molar-refractivity contribution >= 4 is 34.8 Å². The molecule has 0 radical (unpaired) electrons. The van der Waals surface area contributed by atoms with Crippen molar-refractivity contribution in [3.8, 4) is 17.2 Å². The van der Waals surface area contributed by atoms with Crippen LogP contribution in [-0.2, 0) is 4.79 Å². The van der Waals surface area contributed by atoms with E-state index in [-0.39, 0.29) is 5.91 Å². The highest BCUT2D eigenvalue weighted by Gasteiger charge is 2.67. The Morgan fingerprint density at radius 3 is 2.21 bits per heavy atom. The molecule has 0 aromatic heterocycles. The van der Waals surface area contributed by atoms with Crippen LogP contribution < -0.4 is 14.8 Å². The number of methoxy groups -OCH3 is 1. The van der Waals surface area contributed by atoms with E-state index in [4.69, 9.17) is 32.7 Å². The zero-order chi connectivity index (χ0) is 17.4. The van der Waals surface area contributed by atoms with Crippen LogP contribution in [0.15, 0.2) is 48.5 Å². The average molecular weight is 366 g/mol. The number of carbonyl (C=O) groups is 1. The Balaban J connectivity index is 1.67. The fourth-order valence-corrected chi connectivity index (χ4v) is 3.06. The van der Waals surface area contributed by atoms with Crippen LogP contribution in [0.3, 0.4) is 0 Å². The van der Waals surface area contributed by atoms with Gasteiger partial charge in [0.1, 0.15) is 10.1 Å². The van der Waals surface area contributed by atoms with E-state index in [2.05, 4.69) is 5.32 Å². The first-order valence-corrected chi connectivity index (χ1v) is 8.21. The van der Waals surface area contributed by atoms with Crippen LogP contribution in [0.1, 0.15) is 13.3 Å². The van der Waals surface area contributed by atoms with Crippen LogP contribution in [0.2, 0.25) is 0 Å². The van der Waals surface area contributed by atoms with E-state index in [0.29, 0.717) is 29.4 Å². The number of nitrogens with one attached hydrogen (secondary N) is 1. The summed E-state index contributed by atoms with van der Waals surface area (Å²) < 4.78 is 10.1. The summed E-state index contributed by atoms with van der Waals surface area (Å²) in [6.45, 7) is 1.75. The molecular formula is C18H17Cl2NO3. The van der Waals surface area contributed by atoms with Crippen LogP contribution in [0.4, 0.5) is 5.69 Å². The second-order valence-corrected chi connectivity index (χ2v) is 7.43. The Morgan fingerprint density at radius 2 is 1.67 bits per heavy atom. The summed E-state index contributed by atoms with van der Waals surface area (Å²) in [7, 11) is 1.59. The second kappa shape index (κ2) is 6.19. The Morgan fingerprint density at radius 1 is 1.08 bits per heavy atom. The highest BCUT2D eigenvalue weighted by atomic mass is 35.5. The van der Waals surface area contributed by atoms with E-state index in [1.54, 1.807) is 38.3 Å². The van der Waals surface area contributed by atoms with Crippen molar-refractivity contribution < 1.29 is 14.3 Å². The number of hydrogen-bond acceptors (Lipinski definition) is 3. The topological polar surface area (TPSA) is 47.6 Å². The number of benzene rings is 2. The van der Waals surface area contributed by atoms with Crippen molar-refractivity contribution in [1.29, 1.82) is 0 Å². The zero-order valence-electron chi connectivity index (χ0n) is 13.3. The van der Waals surface area contributed by atoms with Gasteiger partial charge in [-0.3, -0.25) is 4.79 Å². The number of halogens is 2. The van der Waals surface area contributed by atoms with Gasteiger partial charge in [-0.1, -0.05) is 12.1 Å². The molecule has 1 unspecified atom stereocenters. The molecule has 0 spiro atoms. The summed E-state index contributed by atoms with van der Waals surface area (Å²) in [6.07, 6.45) is 0.448. The molecule has 3 rings (SSSR count). The fourth-order valence-electron chi connectivity index (χ4n) is 2.35. The van der Waals surface area contributed by atoms with Gasteiger partial charge in [-0.15, -0.1) is 23.2 Å². The summed E-state index contributed by atoms with van der Waals surface area (Å²) in [5.41, 5.74) is -0.0903. The lowest BCUT2D eigenvalue weighted by molar-refractivity contribution is -0.120. The predicted molar refractivity (Wildman–Crippen MR) is 95.3 cm³/mol. The summed E-state index contributed by atoms with van der Waals surface area (Å²) in [4.78, 5) is 12.2.